The minimum absolute atomic E-state index is 0.0960. The fourth-order valence-electron chi connectivity index (χ4n) is 0.942. The highest BCUT2D eigenvalue weighted by atomic mass is 35.5. The maximum Gasteiger partial charge on any atom is 0.414 e. The fraction of sp³-hybridized carbons (Fsp3) is 0.400. The van der Waals surface area contributed by atoms with E-state index in [9.17, 15) is 13.2 Å². The van der Waals surface area contributed by atoms with Crippen LogP contribution in [-0.2, 0) is 11.3 Å². The molecule has 1 nitrogen and oxygen atoms in total. The molecule has 1 rings (SSSR count). The van der Waals surface area contributed by atoms with Gasteiger partial charge in [0.1, 0.15) is 0 Å². The number of alkyl halides is 3. The lowest BCUT2D eigenvalue weighted by molar-refractivity contribution is -0.217. The average Bonchev–Trinajstić information content (AvgIpc) is 2.12. The van der Waals surface area contributed by atoms with E-state index in [0.29, 0.717) is 10.6 Å². The van der Waals surface area contributed by atoms with Gasteiger partial charge in [-0.2, -0.15) is 13.2 Å². The van der Waals surface area contributed by atoms with E-state index in [1.165, 1.54) is 0 Å². The van der Waals surface area contributed by atoms with Gasteiger partial charge < -0.3 is 4.74 Å². The van der Waals surface area contributed by atoms with Gasteiger partial charge in [-0.05, 0) is 24.6 Å². The second-order valence-corrected chi connectivity index (χ2v) is 3.56. The summed E-state index contributed by atoms with van der Waals surface area (Å²) >= 11 is 5.67. The van der Waals surface area contributed by atoms with Gasteiger partial charge in [-0.3, -0.25) is 0 Å². The summed E-state index contributed by atoms with van der Waals surface area (Å²) in [4.78, 5) is 0. The van der Waals surface area contributed by atoms with Gasteiger partial charge in [-0.25, -0.2) is 0 Å². The molecule has 0 aliphatic carbocycles. The Morgan fingerprint density at radius 2 is 2.07 bits per heavy atom. The van der Waals surface area contributed by atoms with Crippen LogP contribution in [0.4, 0.5) is 13.2 Å². The number of hydrogen-bond acceptors (Lipinski definition) is 1. The lowest BCUT2D eigenvalue weighted by Gasteiger charge is -2.16. The predicted molar refractivity (Wildman–Crippen MR) is 51.8 cm³/mol. The van der Waals surface area contributed by atoms with Gasteiger partial charge in [0.15, 0.2) is 6.10 Å². The van der Waals surface area contributed by atoms with Crippen LogP contribution in [0.5, 0.6) is 0 Å². The zero-order valence-electron chi connectivity index (χ0n) is 8.01. The summed E-state index contributed by atoms with van der Waals surface area (Å²) in [7, 11) is 0. The molecule has 0 N–H and O–H groups in total. The molecule has 0 amide bonds. The van der Waals surface area contributed by atoms with Crippen LogP contribution >= 0.6 is 11.6 Å². The summed E-state index contributed by atoms with van der Waals surface area (Å²) in [5.74, 6) is 0. The first-order valence-corrected chi connectivity index (χ1v) is 4.70. The van der Waals surface area contributed by atoms with Crippen molar-refractivity contribution in [2.75, 3.05) is 0 Å². The molecule has 0 aliphatic rings. The number of hydrogen-bond donors (Lipinski definition) is 0. The van der Waals surface area contributed by atoms with Crippen molar-refractivity contribution in [3.8, 4) is 0 Å². The summed E-state index contributed by atoms with van der Waals surface area (Å²) in [6.45, 7) is 0.881. The second-order valence-electron chi connectivity index (χ2n) is 3.12. The van der Waals surface area contributed by atoms with E-state index < -0.39 is 12.3 Å². The molecule has 0 aliphatic heterocycles. The normalized spacial score (nSPS) is 13.9. The van der Waals surface area contributed by atoms with E-state index in [1.807, 2.05) is 0 Å². The van der Waals surface area contributed by atoms with Crippen LogP contribution in [0.3, 0.4) is 0 Å². The van der Waals surface area contributed by atoms with Crippen molar-refractivity contribution in [3.63, 3.8) is 0 Å². The highest BCUT2D eigenvalue weighted by molar-refractivity contribution is 6.30. The summed E-state index contributed by atoms with van der Waals surface area (Å²) in [5.41, 5.74) is 0.624. The molecule has 1 aromatic rings. The Bertz CT molecular complexity index is 325. The quantitative estimate of drug-likeness (QED) is 0.778. The number of rotatable bonds is 3. The lowest BCUT2D eigenvalue weighted by atomic mass is 10.2. The molecule has 15 heavy (non-hydrogen) atoms. The van der Waals surface area contributed by atoms with Crippen LogP contribution in [0.25, 0.3) is 0 Å². The monoisotopic (exact) mass is 238 g/mol. The largest absolute Gasteiger partial charge is 0.414 e. The molecule has 0 aromatic heterocycles. The molecule has 5 heteroatoms. The van der Waals surface area contributed by atoms with Gasteiger partial charge in [0.05, 0.1) is 6.61 Å². The predicted octanol–water partition coefficient (Wildman–Crippen LogP) is 3.81. The Balaban J connectivity index is 2.51. The van der Waals surface area contributed by atoms with Crippen molar-refractivity contribution in [3.05, 3.63) is 34.9 Å². The average molecular weight is 239 g/mol. The zero-order chi connectivity index (χ0) is 11.5. The maximum atomic E-state index is 12.1. The molecule has 0 heterocycles. The molecule has 0 fully saturated rings. The topological polar surface area (TPSA) is 9.23 Å². The molecular weight excluding hydrogens is 229 g/mol. The van der Waals surface area contributed by atoms with Gasteiger partial charge >= 0.3 is 6.18 Å². The number of benzene rings is 1. The minimum Gasteiger partial charge on any atom is -0.364 e. The molecule has 1 unspecified atom stereocenters. The first-order chi connectivity index (χ1) is 6.89. The summed E-state index contributed by atoms with van der Waals surface area (Å²) in [6, 6.07) is 6.55. The van der Waals surface area contributed by atoms with Crippen molar-refractivity contribution in [2.45, 2.75) is 25.8 Å². The van der Waals surface area contributed by atoms with Crippen molar-refractivity contribution >= 4 is 11.6 Å². The van der Waals surface area contributed by atoms with Crippen LogP contribution < -0.4 is 0 Å². The third-order valence-corrected chi connectivity index (χ3v) is 2.09. The van der Waals surface area contributed by atoms with Gasteiger partial charge in [0, 0.05) is 5.02 Å². The van der Waals surface area contributed by atoms with Gasteiger partial charge in [-0.15, -0.1) is 0 Å². The van der Waals surface area contributed by atoms with Gasteiger partial charge in [0.25, 0.3) is 0 Å². The first kappa shape index (κ1) is 12.3. The van der Waals surface area contributed by atoms with E-state index in [-0.39, 0.29) is 6.61 Å². The van der Waals surface area contributed by atoms with Gasteiger partial charge in [0.2, 0.25) is 0 Å². The third kappa shape index (κ3) is 4.10. The Morgan fingerprint density at radius 1 is 1.40 bits per heavy atom. The molecule has 84 valence electrons. The van der Waals surface area contributed by atoms with Crippen LogP contribution in [0.1, 0.15) is 12.5 Å². The van der Waals surface area contributed by atoms with Crippen LogP contribution in [0.15, 0.2) is 24.3 Å². The smallest absolute Gasteiger partial charge is 0.364 e. The Kier molecular flexibility index (Phi) is 3.99. The SMILES string of the molecule is CC(OCc1cccc(Cl)c1)C(F)(F)F. The van der Waals surface area contributed by atoms with Crippen molar-refractivity contribution in [2.24, 2.45) is 0 Å². The molecular formula is C10H10ClF3O. The summed E-state index contributed by atoms with van der Waals surface area (Å²) in [5, 5.41) is 0.482. The Labute approximate surface area is 90.8 Å². The van der Waals surface area contributed by atoms with E-state index in [4.69, 9.17) is 11.6 Å². The molecule has 1 atom stereocenters. The van der Waals surface area contributed by atoms with Crippen molar-refractivity contribution in [1.82, 2.24) is 0 Å². The van der Waals surface area contributed by atoms with E-state index >= 15 is 0 Å². The molecule has 0 radical (unpaired) electrons. The minimum atomic E-state index is -4.32. The molecule has 0 bridgehead atoms. The van der Waals surface area contributed by atoms with E-state index in [2.05, 4.69) is 4.74 Å². The van der Waals surface area contributed by atoms with Crippen molar-refractivity contribution < 1.29 is 17.9 Å². The highest BCUT2D eigenvalue weighted by Crippen LogP contribution is 2.23. The summed E-state index contributed by atoms with van der Waals surface area (Å²) in [6.07, 6.45) is -6.09. The van der Waals surface area contributed by atoms with E-state index in [0.717, 1.165) is 6.92 Å². The number of ether oxygens (including phenoxy) is 1. The molecule has 1 aromatic carbocycles. The molecule has 0 saturated heterocycles. The van der Waals surface area contributed by atoms with Gasteiger partial charge in [-0.1, -0.05) is 23.7 Å². The molecule has 0 saturated carbocycles. The molecule has 0 spiro atoms. The zero-order valence-corrected chi connectivity index (χ0v) is 8.77. The second kappa shape index (κ2) is 4.86. The van der Waals surface area contributed by atoms with Crippen molar-refractivity contribution in [1.29, 1.82) is 0 Å². The Morgan fingerprint density at radius 3 is 2.60 bits per heavy atom. The van der Waals surface area contributed by atoms with E-state index in [1.54, 1.807) is 24.3 Å². The fourth-order valence-corrected chi connectivity index (χ4v) is 1.16. The van der Waals surface area contributed by atoms with Crippen LogP contribution in [0.2, 0.25) is 5.02 Å². The maximum absolute atomic E-state index is 12.1. The first-order valence-electron chi connectivity index (χ1n) is 4.32. The standard InChI is InChI=1S/C10H10ClF3O/c1-7(10(12,13)14)15-6-8-3-2-4-9(11)5-8/h2-5,7H,6H2,1H3. The van der Waals surface area contributed by atoms with Crippen LogP contribution in [-0.4, -0.2) is 12.3 Å². The Hall–Kier alpha value is -0.740. The summed E-state index contributed by atoms with van der Waals surface area (Å²) < 4.78 is 40.9. The lowest BCUT2D eigenvalue weighted by Crippen LogP contribution is -2.28. The number of halogens is 4. The third-order valence-electron chi connectivity index (χ3n) is 1.85. The highest BCUT2D eigenvalue weighted by Gasteiger charge is 2.36. The van der Waals surface area contributed by atoms with Crippen LogP contribution in [0, 0.1) is 0 Å².